The molecule has 2 amide bonds. The van der Waals surface area contributed by atoms with Crippen molar-refractivity contribution in [3.63, 3.8) is 0 Å². The Morgan fingerprint density at radius 2 is 1.31 bits per heavy atom. The molecule has 3 aromatic carbocycles. The molecule has 0 aliphatic heterocycles. The standard InChI is InChI=1S/C24H24N2O3/c1-16(2)21-6-4-5-7-22(21)26-24(28)18-10-8-17(9-11-18)23(27)25-19-12-14-20(29-3)15-13-19/h4-16H,1-3H3,(H,25,27)(H,26,28). The second-order valence-corrected chi connectivity index (χ2v) is 6.96. The van der Waals surface area contributed by atoms with Gasteiger partial charge in [-0.1, -0.05) is 32.0 Å². The fourth-order valence-corrected chi connectivity index (χ4v) is 2.96. The summed E-state index contributed by atoms with van der Waals surface area (Å²) in [6.45, 7) is 4.17. The number of methoxy groups -OCH3 is 1. The first kappa shape index (κ1) is 20.1. The first-order valence-corrected chi connectivity index (χ1v) is 9.43. The number of hydrogen-bond acceptors (Lipinski definition) is 3. The number of carbonyl (C=O) groups is 2. The average molecular weight is 388 g/mol. The Hall–Kier alpha value is -3.60. The summed E-state index contributed by atoms with van der Waals surface area (Å²) in [6.07, 6.45) is 0. The molecule has 0 radical (unpaired) electrons. The van der Waals surface area contributed by atoms with Crippen LogP contribution >= 0.6 is 0 Å². The van der Waals surface area contributed by atoms with E-state index in [0.717, 1.165) is 17.0 Å². The molecule has 0 saturated carbocycles. The Morgan fingerprint density at radius 1 is 0.759 bits per heavy atom. The summed E-state index contributed by atoms with van der Waals surface area (Å²) in [5.74, 6) is 0.570. The molecule has 3 aromatic rings. The van der Waals surface area contributed by atoms with Gasteiger partial charge in [0.05, 0.1) is 7.11 Å². The summed E-state index contributed by atoms with van der Waals surface area (Å²) in [5, 5.41) is 5.78. The number of para-hydroxylation sites is 1. The minimum atomic E-state index is -0.243. The molecule has 29 heavy (non-hydrogen) atoms. The average Bonchev–Trinajstić information content (AvgIpc) is 2.74. The van der Waals surface area contributed by atoms with Gasteiger partial charge in [0.25, 0.3) is 11.8 Å². The molecule has 0 aliphatic carbocycles. The Balaban J connectivity index is 1.67. The van der Waals surface area contributed by atoms with Crippen LogP contribution in [-0.2, 0) is 0 Å². The lowest BCUT2D eigenvalue weighted by atomic mass is 10.0. The van der Waals surface area contributed by atoms with Crippen LogP contribution in [0.1, 0.15) is 46.0 Å². The largest absolute Gasteiger partial charge is 0.497 e. The van der Waals surface area contributed by atoms with Gasteiger partial charge in [0.2, 0.25) is 0 Å². The fourth-order valence-electron chi connectivity index (χ4n) is 2.96. The number of hydrogen-bond donors (Lipinski definition) is 2. The van der Waals surface area contributed by atoms with E-state index in [1.165, 1.54) is 0 Å². The van der Waals surface area contributed by atoms with Gasteiger partial charge in [-0.15, -0.1) is 0 Å². The van der Waals surface area contributed by atoms with Crippen LogP contribution < -0.4 is 15.4 Å². The molecular weight excluding hydrogens is 364 g/mol. The van der Waals surface area contributed by atoms with Crippen LogP contribution in [0.25, 0.3) is 0 Å². The smallest absolute Gasteiger partial charge is 0.255 e. The summed E-state index contributed by atoms with van der Waals surface area (Å²) >= 11 is 0. The van der Waals surface area contributed by atoms with E-state index in [-0.39, 0.29) is 11.8 Å². The van der Waals surface area contributed by atoms with Gasteiger partial charge < -0.3 is 15.4 Å². The highest BCUT2D eigenvalue weighted by molar-refractivity contribution is 6.07. The molecule has 2 N–H and O–H groups in total. The second-order valence-electron chi connectivity index (χ2n) is 6.96. The van der Waals surface area contributed by atoms with E-state index >= 15 is 0 Å². The highest BCUT2D eigenvalue weighted by Crippen LogP contribution is 2.24. The normalized spacial score (nSPS) is 10.5. The van der Waals surface area contributed by atoms with Crippen LogP contribution in [0.15, 0.2) is 72.8 Å². The SMILES string of the molecule is COc1ccc(NC(=O)c2ccc(C(=O)Nc3ccccc3C(C)C)cc2)cc1. The zero-order valence-corrected chi connectivity index (χ0v) is 16.7. The molecule has 5 heteroatoms. The number of benzene rings is 3. The third-order valence-corrected chi connectivity index (χ3v) is 4.59. The number of amides is 2. The van der Waals surface area contributed by atoms with Crippen molar-refractivity contribution in [1.82, 2.24) is 0 Å². The fraction of sp³-hybridized carbons (Fsp3) is 0.167. The van der Waals surface area contributed by atoms with Crippen molar-refractivity contribution >= 4 is 23.2 Å². The molecule has 0 aromatic heterocycles. The van der Waals surface area contributed by atoms with Gasteiger partial charge in [-0.05, 0) is 66.1 Å². The van der Waals surface area contributed by atoms with Gasteiger partial charge in [0, 0.05) is 22.5 Å². The Bertz CT molecular complexity index is 993. The van der Waals surface area contributed by atoms with Gasteiger partial charge in [-0.2, -0.15) is 0 Å². The number of nitrogens with one attached hydrogen (secondary N) is 2. The second kappa shape index (κ2) is 9.06. The van der Waals surface area contributed by atoms with Gasteiger partial charge >= 0.3 is 0 Å². The van der Waals surface area contributed by atoms with Crippen LogP contribution in [0.2, 0.25) is 0 Å². The molecule has 0 spiro atoms. The molecule has 0 aliphatic rings. The van der Waals surface area contributed by atoms with Gasteiger partial charge in [-0.3, -0.25) is 9.59 Å². The summed E-state index contributed by atoms with van der Waals surface area (Å²) in [4.78, 5) is 25.0. The van der Waals surface area contributed by atoms with E-state index in [2.05, 4.69) is 24.5 Å². The van der Waals surface area contributed by atoms with Gasteiger partial charge in [0.1, 0.15) is 5.75 Å². The monoisotopic (exact) mass is 388 g/mol. The maximum absolute atomic E-state index is 12.6. The summed E-state index contributed by atoms with van der Waals surface area (Å²) < 4.78 is 5.11. The van der Waals surface area contributed by atoms with Crippen LogP contribution in [0.3, 0.4) is 0 Å². The molecule has 0 atom stereocenters. The molecule has 5 nitrogen and oxygen atoms in total. The first-order valence-electron chi connectivity index (χ1n) is 9.43. The van der Waals surface area contributed by atoms with Gasteiger partial charge in [-0.25, -0.2) is 0 Å². The van der Waals surface area contributed by atoms with Crippen LogP contribution in [-0.4, -0.2) is 18.9 Å². The minimum Gasteiger partial charge on any atom is -0.497 e. The maximum atomic E-state index is 12.6. The lowest BCUT2D eigenvalue weighted by Crippen LogP contribution is -2.15. The summed E-state index contributed by atoms with van der Waals surface area (Å²) in [6, 6.07) is 21.4. The predicted molar refractivity (Wildman–Crippen MR) is 116 cm³/mol. The van der Waals surface area contributed by atoms with E-state index in [0.29, 0.717) is 22.7 Å². The van der Waals surface area contributed by atoms with E-state index in [4.69, 9.17) is 4.74 Å². The van der Waals surface area contributed by atoms with Crippen molar-refractivity contribution in [1.29, 1.82) is 0 Å². The van der Waals surface area contributed by atoms with Crippen molar-refractivity contribution in [2.75, 3.05) is 17.7 Å². The maximum Gasteiger partial charge on any atom is 0.255 e. The molecule has 3 rings (SSSR count). The first-order chi connectivity index (χ1) is 14.0. The highest BCUT2D eigenvalue weighted by Gasteiger charge is 2.12. The van der Waals surface area contributed by atoms with E-state index in [9.17, 15) is 9.59 Å². The zero-order valence-electron chi connectivity index (χ0n) is 16.7. The topological polar surface area (TPSA) is 67.4 Å². The minimum absolute atomic E-state index is 0.208. The number of anilines is 2. The van der Waals surface area contributed by atoms with Crippen LogP contribution in [0.4, 0.5) is 11.4 Å². The molecular formula is C24H24N2O3. The predicted octanol–water partition coefficient (Wildman–Crippen LogP) is 5.32. The van der Waals surface area contributed by atoms with Crippen LogP contribution in [0.5, 0.6) is 5.75 Å². The van der Waals surface area contributed by atoms with Crippen molar-refractivity contribution in [2.45, 2.75) is 19.8 Å². The molecule has 148 valence electrons. The Morgan fingerprint density at radius 3 is 1.86 bits per heavy atom. The quantitative estimate of drug-likeness (QED) is 0.600. The Labute approximate surface area is 170 Å². The van der Waals surface area contributed by atoms with Crippen molar-refractivity contribution in [3.05, 3.63) is 89.5 Å². The third kappa shape index (κ3) is 5.02. The lowest BCUT2D eigenvalue weighted by Gasteiger charge is -2.13. The summed E-state index contributed by atoms with van der Waals surface area (Å²) in [7, 11) is 1.59. The van der Waals surface area contributed by atoms with Crippen molar-refractivity contribution < 1.29 is 14.3 Å². The molecule has 0 saturated heterocycles. The third-order valence-electron chi connectivity index (χ3n) is 4.59. The molecule has 0 unspecified atom stereocenters. The number of carbonyl (C=O) groups excluding carboxylic acids is 2. The van der Waals surface area contributed by atoms with E-state index in [1.54, 1.807) is 55.6 Å². The van der Waals surface area contributed by atoms with E-state index in [1.807, 2.05) is 24.3 Å². The molecule has 0 heterocycles. The van der Waals surface area contributed by atoms with E-state index < -0.39 is 0 Å². The lowest BCUT2D eigenvalue weighted by molar-refractivity contribution is 0.101. The van der Waals surface area contributed by atoms with Crippen molar-refractivity contribution in [2.24, 2.45) is 0 Å². The molecule has 0 bridgehead atoms. The van der Waals surface area contributed by atoms with Gasteiger partial charge in [0.15, 0.2) is 0 Å². The Kier molecular flexibility index (Phi) is 6.29. The molecule has 0 fully saturated rings. The van der Waals surface area contributed by atoms with Crippen molar-refractivity contribution in [3.8, 4) is 5.75 Å². The zero-order chi connectivity index (χ0) is 20.8. The number of rotatable bonds is 6. The highest BCUT2D eigenvalue weighted by atomic mass is 16.5. The number of ether oxygens (including phenoxy) is 1. The van der Waals surface area contributed by atoms with Crippen LogP contribution in [0, 0.1) is 0 Å². The summed E-state index contributed by atoms with van der Waals surface area (Å²) in [5.41, 5.74) is 3.51.